The van der Waals surface area contributed by atoms with Gasteiger partial charge in [-0.1, -0.05) is 13.8 Å². The van der Waals surface area contributed by atoms with Crippen molar-refractivity contribution < 1.29 is 0 Å². The Labute approximate surface area is 94.6 Å². The molecule has 0 aromatic rings. The van der Waals surface area contributed by atoms with Gasteiger partial charge in [-0.25, -0.2) is 0 Å². The Hall–Kier alpha value is -0.0800. The summed E-state index contributed by atoms with van der Waals surface area (Å²) in [6, 6.07) is 1.60. The molecular weight excluding hydrogens is 184 g/mol. The molecule has 2 aliphatic heterocycles. The largest absolute Gasteiger partial charge is 0.299 e. The van der Waals surface area contributed by atoms with E-state index < -0.39 is 0 Å². The second kappa shape index (κ2) is 4.42. The smallest absolute Gasteiger partial charge is 0.0235 e. The zero-order valence-electron chi connectivity index (χ0n) is 10.7. The quantitative estimate of drug-likeness (QED) is 0.703. The Kier molecular flexibility index (Phi) is 3.36. The van der Waals surface area contributed by atoms with Gasteiger partial charge in [-0.2, -0.15) is 0 Å². The zero-order chi connectivity index (χ0) is 11.0. The van der Waals surface area contributed by atoms with Crippen LogP contribution in [0.1, 0.15) is 34.1 Å². The summed E-state index contributed by atoms with van der Waals surface area (Å²) in [6.07, 6.45) is 1.39. The normalized spacial score (nSPS) is 30.4. The van der Waals surface area contributed by atoms with Crippen LogP contribution in [0.4, 0.5) is 0 Å². The molecule has 0 saturated carbocycles. The van der Waals surface area contributed by atoms with Crippen molar-refractivity contribution in [3.63, 3.8) is 0 Å². The summed E-state index contributed by atoms with van der Waals surface area (Å²) in [6.45, 7) is 14.7. The van der Waals surface area contributed by atoms with Crippen LogP contribution in [0.5, 0.6) is 0 Å². The first-order valence-electron chi connectivity index (χ1n) is 6.56. The van der Waals surface area contributed by atoms with Crippen molar-refractivity contribution in [3.05, 3.63) is 0 Å². The first-order valence-corrected chi connectivity index (χ1v) is 6.56. The summed E-state index contributed by atoms with van der Waals surface area (Å²) in [7, 11) is 0. The highest BCUT2D eigenvalue weighted by Crippen LogP contribution is 2.29. The van der Waals surface area contributed by atoms with Gasteiger partial charge in [0, 0.05) is 38.3 Å². The Morgan fingerprint density at radius 3 is 2.13 bits per heavy atom. The van der Waals surface area contributed by atoms with Crippen LogP contribution in [-0.4, -0.2) is 48.1 Å². The molecule has 2 rings (SSSR count). The predicted molar refractivity (Wildman–Crippen MR) is 65.0 cm³/mol. The molecule has 1 unspecified atom stereocenters. The Balaban J connectivity index is 1.74. The Morgan fingerprint density at radius 2 is 1.67 bits per heavy atom. The third kappa shape index (κ3) is 2.36. The summed E-state index contributed by atoms with van der Waals surface area (Å²) in [5.41, 5.74) is 0. The lowest BCUT2D eigenvalue weighted by Gasteiger charge is -2.45. The summed E-state index contributed by atoms with van der Waals surface area (Å²) >= 11 is 0. The van der Waals surface area contributed by atoms with Crippen LogP contribution in [-0.2, 0) is 0 Å². The molecule has 2 aliphatic rings. The third-order valence-corrected chi connectivity index (χ3v) is 4.32. The molecule has 2 heterocycles. The van der Waals surface area contributed by atoms with Crippen molar-refractivity contribution in [2.45, 2.75) is 46.2 Å². The van der Waals surface area contributed by atoms with Crippen molar-refractivity contribution in [3.8, 4) is 0 Å². The summed E-state index contributed by atoms with van der Waals surface area (Å²) in [5, 5.41) is 0. The number of likely N-dealkylation sites (tertiary alicyclic amines) is 2. The van der Waals surface area contributed by atoms with E-state index >= 15 is 0 Å². The lowest BCUT2D eigenvalue weighted by atomic mass is 9.87. The molecule has 15 heavy (non-hydrogen) atoms. The maximum absolute atomic E-state index is 2.70. The van der Waals surface area contributed by atoms with E-state index in [4.69, 9.17) is 0 Å². The van der Waals surface area contributed by atoms with E-state index in [0.29, 0.717) is 0 Å². The summed E-state index contributed by atoms with van der Waals surface area (Å²) < 4.78 is 0. The molecule has 2 fully saturated rings. The molecule has 0 N–H and O–H groups in total. The highest BCUT2D eigenvalue weighted by atomic mass is 15.3. The van der Waals surface area contributed by atoms with Crippen LogP contribution in [0.3, 0.4) is 0 Å². The van der Waals surface area contributed by atoms with Gasteiger partial charge in [0.25, 0.3) is 0 Å². The molecule has 2 saturated heterocycles. The molecule has 0 radical (unpaired) electrons. The molecule has 2 heteroatoms. The van der Waals surface area contributed by atoms with Gasteiger partial charge in [-0.05, 0) is 32.1 Å². The molecule has 0 bridgehead atoms. The Morgan fingerprint density at radius 1 is 1.00 bits per heavy atom. The fourth-order valence-corrected chi connectivity index (χ4v) is 2.80. The first-order chi connectivity index (χ1) is 7.08. The van der Waals surface area contributed by atoms with Gasteiger partial charge >= 0.3 is 0 Å². The molecule has 0 aliphatic carbocycles. The van der Waals surface area contributed by atoms with Gasteiger partial charge in [0.15, 0.2) is 0 Å². The lowest BCUT2D eigenvalue weighted by molar-refractivity contribution is 0.0298. The highest BCUT2D eigenvalue weighted by molar-refractivity contribution is 4.92. The maximum Gasteiger partial charge on any atom is 0.0235 e. The summed E-state index contributed by atoms with van der Waals surface area (Å²) in [4.78, 5) is 5.32. The number of rotatable bonds is 3. The molecule has 2 nitrogen and oxygen atoms in total. The minimum absolute atomic E-state index is 0.733. The third-order valence-electron chi connectivity index (χ3n) is 4.32. The van der Waals surface area contributed by atoms with Gasteiger partial charge in [0.05, 0.1) is 0 Å². The van der Waals surface area contributed by atoms with Gasteiger partial charge in [0.1, 0.15) is 0 Å². The van der Waals surface area contributed by atoms with Crippen LogP contribution < -0.4 is 0 Å². The number of hydrogen-bond donors (Lipinski definition) is 0. The Bertz CT molecular complexity index is 207. The fraction of sp³-hybridized carbons (Fsp3) is 1.00. The minimum atomic E-state index is 0.733. The predicted octanol–water partition coefficient (Wildman–Crippen LogP) is 2.06. The van der Waals surface area contributed by atoms with Crippen LogP contribution in [0.25, 0.3) is 0 Å². The van der Waals surface area contributed by atoms with Crippen LogP contribution in [0.2, 0.25) is 0 Å². The average molecular weight is 210 g/mol. The molecular formula is C13H26N2. The monoisotopic (exact) mass is 210 g/mol. The van der Waals surface area contributed by atoms with Crippen molar-refractivity contribution in [2.24, 2.45) is 11.8 Å². The lowest BCUT2D eigenvalue weighted by Crippen LogP contribution is -2.54. The molecule has 0 spiro atoms. The van der Waals surface area contributed by atoms with Gasteiger partial charge < -0.3 is 0 Å². The first kappa shape index (κ1) is 11.4. The molecule has 0 aromatic carbocycles. The van der Waals surface area contributed by atoms with Gasteiger partial charge in [0.2, 0.25) is 0 Å². The standard InChI is InChI=1S/C13H26N2/c1-10(2)12-7-15(8-12)13-5-6-14(9-13)11(3)4/h10-13H,5-9H2,1-4H3. The maximum atomic E-state index is 2.70. The van der Waals surface area contributed by atoms with Crippen molar-refractivity contribution in [1.29, 1.82) is 0 Å². The second-order valence-corrected chi connectivity index (χ2v) is 5.99. The molecule has 0 amide bonds. The van der Waals surface area contributed by atoms with Crippen LogP contribution in [0, 0.1) is 11.8 Å². The zero-order valence-corrected chi connectivity index (χ0v) is 10.7. The van der Waals surface area contributed by atoms with Gasteiger partial charge in [-0.3, -0.25) is 9.80 Å². The van der Waals surface area contributed by atoms with E-state index in [1.54, 1.807) is 0 Å². The summed E-state index contributed by atoms with van der Waals surface area (Å²) in [5.74, 6) is 1.85. The average Bonchev–Trinajstić information content (AvgIpc) is 2.49. The van der Waals surface area contributed by atoms with E-state index in [-0.39, 0.29) is 0 Å². The molecule has 1 atom stereocenters. The SMILES string of the molecule is CC(C)C1CN(C2CCN(C(C)C)C2)C1. The topological polar surface area (TPSA) is 6.48 Å². The second-order valence-electron chi connectivity index (χ2n) is 5.99. The molecule has 88 valence electrons. The van der Waals surface area contributed by atoms with E-state index in [1.165, 1.54) is 32.6 Å². The van der Waals surface area contributed by atoms with Crippen LogP contribution >= 0.6 is 0 Å². The van der Waals surface area contributed by atoms with E-state index in [1.807, 2.05) is 0 Å². The van der Waals surface area contributed by atoms with Crippen molar-refractivity contribution >= 4 is 0 Å². The van der Waals surface area contributed by atoms with Crippen molar-refractivity contribution in [1.82, 2.24) is 9.80 Å². The minimum Gasteiger partial charge on any atom is -0.299 e. The van der Waals surface area contributed by atoms with E-state index in [0.717, 1.165) is 23.9 Å². The van der Waals surface area contributed by atoms with Crippen LogP contribution in [0.15, 0.2) is 0 Å². The van der Waals surface area contributed by atoms with E-state index in [2.05, 4.69) is 37.5 Å². The van der Waals surface area contributed by atoms with Gasteiger partial charge in [-0.15, -0.1) is 0 Å². The highest BCUT2D eigenvalue weighted by Gasteiger charge is 2.37. The number of hydrogen-bond acceptors (Lipinski definition) is 2. The molecule has 0 aromatic heterocycles. The fourth-order valence-electron chi connectivity index (χ4n) is 2.80. The number of nitrogens with zero attached hydrogens (tertiary/aromatic N) is 2. The van der Waals surface area contributed by atoms with E-state index in [9.17, 15) is 0 Å². The van der Waals surface area contributed by atoms with Crippen molar-refractivity contribution in [2.75, 3.05) is 26.2 Å².